The monoisotopic (exact) mass is 146 g/mol. The number of fused-ring (bicyclic) bond motifs is 1. The Balaban J connectivity index is 2.92. The first kappa shape index (κ1) is 6.28. The molecule has 2 N–H and O–H groups in total. The molecule has 0 radical (unpaired) electrons. The zero-order valence-electron chi connectivity index (χ0n) is 6.14. The van der Waals surface area contributed by atoms with Gasteiger partial charge in [0.25, 0.3) is 0 Å². The minimum atomic E-state index is -0.148. The lowest BCUT2D eigenvalue weighted by molar-refractivity contribution is 1.22. The van der Waals surface area contributed by atoms with Gasteiger partial charge >= 0.3 is 5.69 Å². The maximum absolute atomic E-state index is 10.8. The standard InChI is InChI=1S/C7H7BN2O/c8-4-1-2-5-6(3-4)10-7(11)9-5/h1-3H,8H2,(H2,9,10,11). The highest BCUT2D eigenvalue weighted by Gasteiger charge is 1.95. The van der Waals surface area contributed by atoms with Gasteiger partial charge in [-0.05, 0) is 12.1 Å². The number of aromatic amines is 2. The molecule has 1 aromatic heterocycles. The van der Waals surface area contributed by atoms with Crippen LogP contribution in [-0.2, 0) is 0 Å². The highest BCUT2D eigenvalue weighted by molar-refractivity contribution is 6.33. The molecular formula is C7H7BN2O. The van der Waals surface area contributed by atoms with Crippen LogP contribution in [0.1, 0.15) is 0 Å². The first-order chi connectivity index (χ1) is 5.25. The van der Waals surface area contributed by atoms with E-state index < -0.39 is 0 Å². The molecule has 0 aliphatic rings. The Morgan fingerprint density at radius 1 is 1.18 bits per heavy atom. The Bertz CT molecular complexity index is 443. The van der Waals surface area contributed by atoms with E-state index in [1.54, 1.807) is 0 Å². The Morgan fingerprint density at radius 3 is 2.73 bits per heavy atom. The van der Waals surface area contributed by atoms with E-state index in [0.29, 0.717) is 0 Å². The number of imidazole rings is 1. The fourth-order valence-electron chi connectivity index (χ4n) is 1.15. The molecule has 0 bridgehead atoms. The molecule has 4 heteroatoms. The molecule has 0 unspecified atom stereocenters. The van der Waals surface area contributed by atoms with Gasteiger partial charge in [0.05, 0.1) is 11.0 Å². The van der Waals surface area contributed by atoms with E-state index in [-0.39, 0.29) is 5.69 Å². The maximum atomic E-state index is 10.8. The lowest BCUT2D eigenvalue weighted by Gasteiger charge is -1.89. The van der Waals surface area contributed by atoms with Gasteiger partial charge in [-0.1, -0.05) is 11.5 Å². The molecule has 0 saturated heterocycles. The predicted molar refractivity (Wildman–Crippen MR) is 47.1 cm³/mol. The summed E-state index contributed by atoms with van der Waals surface area (Å²) in [5.74, 6) is 0. The van der Waals surface area contributed by atoms with Crippen LogP contribution in [0.15, 0.2) is 23.0 Å². The van der Waals surface area contributed by atoms with Gasteiger partial charge in [0.1, 0.15) is 7.85 Å². The van der Waals surface area contributed by atoms with Gasteiger partial charge < -0.3 is 9.97 Å². The summed E-state index contributed by atoms with van der Waals surface area (Å²) < 4.78 is 0. The van der Waals surface area contributed by atoms with Gasteiger partial charge in [-0.15, -0.1) is 0 Å². The smallest absolute Gasteiger partial charge is 0.306 e. The van der Waals surface area contributed by atoms with Crippen LogP contribution >= 0.6 is 0 Å². The molecule has 1 aromatic carbocycles. The second kappa shape index (κ2) is 2.02. The van der Waals surface area contributed by atoms with Crippen molar-refractivity contribution in [3.05, 3.63) is 28.7 Å². The lowest BCUT2D eigenvalue weighted by atomic mass is 9.96. The molecule has 0 saturated carbocycles. The van der Waals surface area contributed by atoms with Gasteiger partial charge in [-0.25, -0.2) is 4.79 Å². The summed E-state index contributed by atoms with van der Waals surface area (Å²) in [6.45, 7) is 0. The van der Waals surface area contributed by atoms with E-state index in [9.17, 15) is 4.79 Å². The molecule has 0 fully saturated rings. The van der Waals surface area contributed by atoms with Crippen LogP contribution in [0.3, 0.4) is 0 Å². The summed E-state index contributed by atoms with van der Waals surface area (Å²) in [4.78, 5) is 16.2. The van der Waals surface area contributed by atoms with E-state index in [2.05, 4.69) is 9.97 Å². The van der Waals surface area contributed by atoms with Crippen LogP contribution in [-0.4, -0.2) is 17.8 Å². The fraction of sp³-hybridized carbons (Fsp3) is 0. The summed E-state index contributed by atoms with van der Waals surface area (Å²) in [7, 11) is 1.99. The van der Waals surface area contributed by atoms with Crippen LogP contribution < -0.4 is 11.2 Å². The Morgan fingerprint density at radius 2 is 1.91 bits per heavy atom. The van der Waals surface area contributed by atoms with Gasteiger partial charge in [-0.2, -0.15) is 0 Å². The number of hydrogen-bond acceptors (Lipinski definition) is 1. The lowest BCUT2D eigenvalue weighted by Crippen LogP contribution is -2.00. The highest BCUT2D eigenvalue weighted by Crippen LogP contribution is 2.01. The summed E-state index contributed by atoms with van der Waals surface area (Å²) >= 11 is 0. The van der Waals surface area contributed by atoms with Crippen LogP contribution in [0, 0.1) is 0 Å². The van der Waals surface area contributed by atoms with E-state index >= 15 is 0 Å². The molecule has 2 aromatic rings. The zero-order valence-corrected chi connectivity index (χ0v) is 6.14. The minimum Gasteiger partial charge on any atom is -0.306 e. The average Bonchev–Trinajstić information content (AvgIpc) is 2.27. The molecule has 0 aliphatic carbocycles. The van der Waals surface area contributed by atoms with Crippen molar-refractivity contribution in [1.82, 2.24) is 9.97 Å². The summed E-state index contributed by atoms with van der Waals surface area (Å²) in [6.07, 6.45) is 0. The number of hydrogen-bond donors (Lipinski definition) is 2. The molecule has 3 nitrogen and oxygen atoms in total. The quantitative estimate of drug-likeness (QED) is 0.465. The Kier molecular flexibility index (Phi) is 1.15. The Hall–Kier alpha value is -1.45. The molecule has 0 amide bonds. The number of nitrogens with one attached hydrogen (secondary N) is 2. The summed E-state index contributed by atoms with van der Waals surface area (Å²) in [5.41, 5.74) is 2.73. The van der Waals surface area contributed by atoms with E-state index in [4.69, 9.17) is 0 Å². The molecule has 2 rings (SSSR count). The molecule has 0 aliphatic heterocycles. The minimum absolute atomic E-state index is 0.148. The number of aromatic nitrogens is 2. The van der Waals surface area contributed by atoms with E-state index in [1.165, 1.54) is 0 Å². The summed E-state index contributed by atoms with van der Waals surface area (Å²) in [5, 5.41) is 0. The van der Waals surface area contributed by atoms with E-state index in [1.807, 2.05) is 26.0 Å². The van der Waals surface area contributed by atoms with Gasteiger partial charge in [0.2, 0.25) is 0 Å². The largest absolute Gasteiger partial charge is 0.323 e. The SMILES string of the molecule is Bc1ccc2[nH]c(=O)[nH]c2c1. The number of benzene rings is 1. The molecule has 1 heterocycles. The van der Waals surface area contributed by atoms with Crippen LogP contribution in [0.4, 0.5) is 0 Å². The maximum Gasteiger partial charge on any atom is 0.323 e. The van der Waals surface area contributed by atoms with Crippen molar-refractivity contribution in [2.24, 2.45) is 0 Å². The second-order valence-electron chi connectivity index (χ2n) is 2.63. The van der Waals surface area contributed by atoms with Crippen molar-refractivity contribution in [2.75, 3.05) is 0 Å². The van der Waals surface area contributed by atoms with Crippen molar-refractivity contribution in [3.63, 3.8) is 0 Å². The third-order valence-corrected chi connectivity index (χ3v) is 1.67. The van der Waals surface area contributed by atoms with Crippen LogP contribution in [0.5, 0.6) is 0 Å². The van der Waals surface area contributed by atoms with Crippen molar-refractivity contribution in [1.29, 1.82) is 0 Å². The van der Waals surface area contributed by atoms with Gasteiger partial charge in [-0.3, -0.25) is 0 Å². The number of H-pyrrole nitrogens is 2. The topological polar surface area (TPSA) is 48.6 Å². The fourth-order valence-corrected chi connectivity index (χ4v) is 1.15. The molecule has 0 atom stereocenters. The molecule has 54 valence electrons. The predicted octanol–water partition coefficient (Wildman–Crippen LogP) is -0.885. The van der Waals surface area contributed by atoms with E-state index in [0.717, 1.165) is 16.5 Å². The average molecular weight is 146 g/mol. The zero-order chi connectivity index (χ0) is 7.84. The first-order valence-electron chi connectivity index (χ1n) is 3.44. The van der Waals surface area contributed by atoms with Crippen molar-refractivity contribution < 1.29 is 0 Å². The second-order valence-corrected chi connectivity index (χ2v) is 2.63. The van der Waals surface area contributed by atoms with Gasteiger partial charge in [0.15, 0.2) is 0 Å². The van der Waals surface area contributed by atoms with Crippen LogP contribution in [0.25, 0.3) is 11.0 Å². The molecule has 11 heavy (non-hydrogen) atoms. The van der Waals surface area contributed by atoms with Crippen molar-refractivity contribution in [3.8, 4) is 0 Å². The third kappa shape index (κ3) is 0.961. The van der Waals surface area contributed by atoms with Crippen LogP contribution in [0.2, 0.25) is 0 Å². The molecule has 0 spiro atoms. The summed E-state index contributed by atoms with van der Waals surface area (Å²) in [6, 6.07) is 5.79. The normalized spacial score (nSPS) is 10.5. The van der Waals surface area contributed by atoms with Gasteiger partial charge in [0, 0.05) is 0 Å². The number of rotatable bonds is 0. The molecular weight excluding hydrogens is 139 g/mol. The van der Waals surface area contributed by atoms with Crippen molar-refractivity contribution >= 4 is 24.3 Å². The third-order valence-electron chi connectivity index (χ3n) is 1.67. The van der Waals surface area contributed by atoms with Crippen molar-refractivity contribution in [2.45, 2.75) is 0 Å². The highest BCUT2D eigenvalue weighted by atomic mass is 16.1. The Labute approximate surface area is 63.9 Å². The first-order valence-corrected chi connectivity index (χ1v) is 3.44.